The van der Waals surface area contributed by atoms with E-state index in [-0.39, 0.29) is 5.92 Å². The van der Waals surface area contributed by atoms with Crippen LogP contribution in [-0.2, 0) is 6.42 Å². The lowest BCUT2D eigenvalue weighted by atomic mass is 9.92. The molecule has 0 radical (unpaired) electrons. The predicted octanol–water partition coefficient (Wildman–Crippen LogP) is 3.86. The number of ether oxygens (including phenoxy) is 2. The third-order valence-electron chi connectivity index (χ3n) is 3.53. The number of benzene rings is 2. The molecule has 108 valence electrons. The molecule has 0 aromatic heterocycles. The van der Waals surface area contributed by atoms with E-state index in [1.165, 1.54) is 0 Å². The Morgan fingerprint density at radius 1 is 1.05 bits per heavy atom. The second kappa shape index (κ2) is 6.81. The Hall–Kier alpha value is -2.47. The number of aryl methyl sites for hydroxylation is 1. The third kappa shape index (κ3) is 3.55. The Balaban J connectivity index is 2.26. The van der Waals surface area contributed by atoms with Gasteiger partial charge in [0.25, 0.3) is 0 Å². The fourth-order valence-electron chi connectivity index (χ4n) is 2.36. The van der Waals surface area contributed by atoms with Crippen LogP contribution in [0.1, 0.15) is 22.6 Å². The van der Waals surface area contributed by atoms with Crippen LogP contribution in [0, 0.1) is 18.3 Å². The van der Waals surface area contributed by atoms with Crippen LogP contribution >= 0.6 is 0 Å². The molecule has 0 saturated carbocycles. The van der Waals surface area contributed by atoms with Gasteiger partial charge in [-0.05, 0) is 42.7 Å². The molecule has 3 heteroatoms. The van der Waals surface area contributed by atoms with Gasteiger partial charge in [0.2, 0.25) is 0 Å². The molecule has 0 N–H and O–H groups in total. The van der Waals surface area contributed by atoms with E-state index >= 15 is 0 Å². The molecule has 0 saturated heterocycles. The molecule has 3 nitrogen and oxygen atoms in total. The van der Waals surface area contributed by atoms with Crippen molar-refractivity contribution in [2.45, 2.75) is 19.3 Å². The van der Waals surface area contributed by atoms with Gasteiger partial charge in [0, 0.05) is 0 Å². The van der Waals surface area contributed by atoms with E-state index in [1.807, 2.05) is 43.3 Å². The number of nitriles is 1. The highest BCUT2D eigenvalue weighted by molar-refractivity contribution is 5.40. The molecular formula is C18H19NO2. The fourth-order valence-corrected chi connectivity index (χ4v) is 2.36. The summed E-state index contributed by atoms with van der Waals surface area (Å²) in [5.41, 5.74) is 3.21. The van der Waals surface area contributed by atoms with Crippen molar-refractivity contribution >= 4 is 0 Å². The summed E-state index contributed by atoms with van der Waals surface area (Å²) in [6.45, 7) is 2.04. The van der Waals surface area contributed by atoms with Crippen LogP contribution in [0.4, 0.5) is 0 Å². The van der Waals surface area contributed by atoms with Crippen molar-refractivity contribution in [1.29, 1.82) is 5.26 Å². The van der Waals surface area contributed by atoms with Crippen molar-refractivity contribution in [3.8, 4) is 17.6 Å². The number of methoxy groups -OCH3 is 2. The quantitative estimate of drug-likeness (QED) is 0.835. The van der Waals surface area contributed by atoms with Gasteiger partial charge in [-0.1, -0.05) is 29.8 Å². The van der Waals surface area contributed by atoms with Crippen LogP contribution in [0.25, 0.3) is 0 Å². The molecule has 0 aliphatic carbocycles. The third-order valence-corrected chi connectivity index (χ3v) is 3.53. The normalized spacial score (nSPS) is 11.5. The maximum atomic E-state index is 9.48. The minimum absolute atomic E-state index is 0.202. The van der Waals surface area contributed by atoms with Gasteiger partial charge in [0.15, 0.2) is 0 Å². The summed E-state index contributed by atoms with van der Waals surface area (Å²) in [4.78, 5) is 0. The predicted molar refractivity (Wildman–Crippen MR) is 82.8 cm³/mol. The molecule has 0 aliphatic rings. The molecule has 0 spiro atoms. The Kier molecular flexibility index (Phi) is 4.84. The van der Waals surface area contributed by atoms with E-state index in [2.05, 4.69) is 12.1 Å². The average molecular weight is 281 g/mol. The van der Waals surface area contributed by atoms with Gasteiger partial charge < -0.3 is 9.47 Å². The van der Waals surface area contributed by atoms with E-state index in [0.29, 0.717) is 6.42 Å². The van der Waals surface area contributed by atoms with E-state index < -0.39 is 0 Å². The SMILES string of the molecule is COc1ccc(C(C#N)Cc2cc(C)ccc2OC)cc1. The van der Waals surface area contributed by atoms with Crippen LogP contribution in [0.5, 0.6) is 11.5 Å². The molecule has 0 amide bonds. The molecule has 2 aromatic rings. The molecule has 1 unspecified atom stereocenters. The monoisotopic (exact) mass is 281 g/mol. The van der Waals surface area contributed by atoms with Crippen molar-refractivity contribution < 1.29 is 9.47 Å². The molecule has 0 aliphatic heterocycles. The first-order valence-corrected chi connectivity index (χ1v) is 6.85. The van der Waals surface area contributed by atoms with Gasteiger partial charge in [-0.15, -0.1) is 0 Å². The Morgan fingerprint density at radius 2 is 1.76 bits per heavy atom. The Labute approximate surface area is 125 Å². The zero-order chi connectivity index (χ0) is 15.2. The standard InChI is InChI=1S/C18H19NO2/c1-13-4-9-18(21-3)15(10-13)11-16(12-19)14-5-7-17(20-2)8-6-14/h4-10,16H,11H2,1-3H3. The summed E-state index contributed by atoms with van der Waals surface area (Å²) < 4.78 is 10.5. The maximum absolute atomic E-state index is 9.48. The van der Waals surface area contributed by atoms with Gasteiger partial charge in [0.05, 0.1) is 26.2 Å². The van der Waals surface area contributed by atoms with Gasteiger partial charge in [-0.2, -0.15) is 5.26 Å². The lowest BCUT2D eigenvalue weighted by Gasteiger charge is -2.14. The Bertz CT molecular complexity index is 641. The number of hydrogen-bond acceptors (Lipinski definition) is 3. The fraction of sp³-hybridized carbons (Fsp3) is 0.278. The zero-order valence-corrected chi connectivity index (χ0v) is 12.6. The number of hydrogen-bond donors (Lipinski definition) is 0. The summed E-state index contributed by atoms with van der Waals surface area (Å²) in [7, 11) is 3.29. The summed E-state index contributed by atoms with van der Waals surface area (Å²) in [6, 6.07) is 16.1. The summed E-state index contributed by atoms with van der Waals surface area (Å²) in [5, 5.41) is 9.48. The van der Waals surface area contributed by atoms with Gasteiger partial charge in [-0.25, -0.2) is 0 Å². The van der Waals surface area contributed by atoms with E-state index in [0.717, 1.165) is 28.2 Å². The first kappa shape index (κ1) is 14.9. The minimum atomic E-state index is -0.202. The second-order valence-electron chi connectivity index (χ2n) is 4.97. The highest BCUT2D eigenvalue weighted by Gasteiger charge is 2.14. The van der Waals surface area contributed by atoms with Crippen LogP contribution in [-0.4, -0.2) is 14.2 Å². The molecule has 0 heterocycles. The van der Waals surface area contributed by atoms with Crippen molar-refractivity contribution in [2.24, 2.45) is 0 Å². The molecule has 21 heavy (non-hydrogen) atoms. The molecule has 0 fully saturated rings. The van der Waals surface area contributed by atoms with Gasteiger partial charge >= 0.3 is 0 Å². The average Bonchev–Trinajstić information content (AvgIpc) is 2.53. The van der Waals surface area contributed by atoms with Gasteiger partial charge in [0.1, 0.15) is 11.5 Å². The highest BCUT2D eigenvalue weighted by Crippen LogP contribution is 2.28. The van der Waals surface area contributed by atoms with Gasteiger partial charge in [-0.3, -0.25) is 0 Å². The zero-order valence-electron chi connectivity index (χ0n) is 12.6. The van der Waals surface area contributed by atoms with Crippen LogP contribution in [0.15, 0.2) is 42.5 Å². The topological polar surface area (TPSA) is 42.2 Å². The van der Waals surface area contributed by atoms with Crippen molar-refractivity contribution in [2.75, 3.05) is 14.2 Å². The summed E-state index contributed by atoms with van der Waals surface area (Å²) in [5.74, 6) is 1.42. The number of nitrogens with zero attached hydrogens (tertiary/aromatic N) is 1. The smallest absolute Gasteiger partial charge is 0.122 e. The van der Waals surface area contributed by atoms with Crippen molar-refractivity contribution in [3.05, 3.63) is 59.2 Å². The van der Waals surface area contributed by atoms with Crippen LogP contribution in [0.3, 0.4) is 0 Å². The molecule has 0 bridgehead atoms. The summed E-state index contributed by atoms with van der Waals surface area (Å²) in [6.07, 6.45) is 0.633. The molecule has 2 rings (SSSR count). The lowest BCUT2D eigenvalue weighted by Crippen LogP contribution is -2.03. The number of rotatable bonds is 5. The maximum Gasteiger partial charge on any atom is 0.122 e. The molecular weight excluding hydrogens is 262 g/mol. The molecule has 2 aromatic carbocycles. The second-order valence-corrected chi connectivity index (χ2v) is 4.97. The van der Waals surface area contributed by atoms with Crippen LogP contribution < -0.4 is 9.47 Å². The van der Waals surface area contributed by atoms with Crippen molar-refractivity contribution in [1.82, 2.24) is 0 Å². The van der Waals surface area contributed by atoms with E-state index in [4.69, 9.17) is 9.47 Å². The lowest BCUT2D eigenvalue weighted by molar-refractivity contribution is 0.409. The first-order valence-electron chi connectivity index (χ1n) is 6.85. The van der Waals surface area contributed by atoms with Crippen LogP contribution in [0.2, 0.25) is 0 Å². The molecule has 1 atom stereocenters. The Morgan fingerprint density at radius 3 is 2.33 bits per heavy atom. The summed E-state index contributed by atoms with van der Waals surface area (Å²) >= 11 is 0. The van der Waals surface area contributed by atoms with E-state index in [9.17, 15) is 5.26 Å². The largest absolute Gasteiger partial charge is 0.497 e. The van der Waals surface area contributed by atoms with Crippen molar-refractivity contribution in [3.63, 3.8) is 0 Å². The highest BCUT2D eigenvalue weighted by atomic mass is 16.5. The first-order chi connectivity index (χ1) is 10.2. The minimum Gasteiger partial charge on any atom is -0.497 e. The van der Waals surface area contributed by atoms with E-state index in [1.54, 1.807) is 14.2 Å².